The Morgan fingerprint density at radius 3 is 2.75 bits per heavy atom. The first-order valence-electron chi connectivity index (χ1n) is 6.91. The van der Waals surface area contributed by atoms with Gasteiger partial charge in [-0.15, -0.1) is 0 Å². The summed E-state index contributed by atoms with van der Waals surface area (Å²) in [5.74, 6) is 0.775. The number of sulfone groups is 1. The molecule has 2 atom stereocenters. The fraction of sp³-hybridized carbons (Fsp3) is 0.769. The van der Waals surface area contributed by atoms with Crippen LogP contribution in [-0.2, 0) is 16.4 Å². The molecule has 5 nitrogen and oxygen atoms in total. The Bertz CT molecular complexity index is 568. The van der Waals surface area contributed by atoms with Crippen LogP contribution in [0.3, 0.4) is 0 Å². The highest BCUT2D eigenvalue weighted by Gasteiger charge is 2.32. The van der Waals surface area contributed by atoms with Crippen molar-refractivity contribution in [2.24, 2.45) is 0 Å². The summed E-state index contributed by atoms with van der Waals surface area (Å²) in [6.45, 7) is 4.18. The predicted octanol–water partition coefficient (Wildman–Crippen LogP) is 1.77. The van der Waals surface area contributed by atoms with Gasteiger partial charge >= 0.3 is 0 Å². The molecule has 1 aromatic heterocycles. The van der Waals surface area contributed by atoms with Crippen LogP contribution in [0.4, 0.5) is 5.13 Å². The lowest BCUT2D eigenvalue weighted by Crippen LogP contribution is -2.32. The van der Waals surface area contributed by atoms with Gasteiger partial charge in [0.15, 0.2) is 15.0 Å². The van der Waals surface area contributed by atoms with E-state index in [4.69, 9.17) is 0 Å². The summed E-state index contributed by atoms with van der Waals surface area (Å²) in [7, 11) is -0.998. The fourth-order valence-corrected chi connectivity index (χ4v) is 5.28. The van der Waals surface area contributed by atoms with Crippen LogP contribution in [0.15, 0.2) is 0 Å². The van der Waals surface area contributed by atoms with Crippen LogP contribution in [0.5, 0.6) is 0 Å². The zero-order valence-electron chi connectivity index (χ0n) is 12.2. The van der Waals surface area contributed by atoms with Gasteiger partial charge < -0.3 is 10.0 Å². The van der Waals surface area contributed by atoms with Crippen molar-refractivity contribution in [3.05, 3.63) is 10.6 Å². The minimum Gasteiger partial charge on any atom is -0.391 e. The molecule has 2 unspecified atom stereocenters. The number of aromatic nitrogens is 1. The molecule has 0 bridgehead atoms. The van der Waals surface area contributed by atoms with Crippen LogP contribution in [0.1, 0.15) is 43.2 Å². The van der Waals surface area contributed by atoms with Crippen molar-refractivity contribution in [3.63, 3.8) is 0 Å². The first-order chi connectivity index (χ1) is 9.38. The van der Waals surface area contributed by atoms with Crippen LogP contribution >= 0.6 is 11.3 Å². The van der Waals surface area contributed by atoms with Gasteiger partial charge in [0.1, 0.15) is 0 Å². The largest absolute Gasteiger partial charge is 0.391 e. The zero-order chi connectivity index (χ0) is 14.9. The highest BCUT2D eigenvalue weighted by Crippen LogP contribution is 2.33. The van der Waals surface area contributed by atoms with E-state index in [9.17, 15) is 13.5 Å². The molecule has 1 aliphatic rings. The smallest absolute Gasteiger partial charge is 0.185 e. The van der Waals surface area contributed by atoms with Gasteiger partial charge in [-0.05, 0) is 18.8 Å². The Labute approximate surface area is 124 Å². The Morgan fingerprint density at radius 1 is 1.55 bits per heavy atom. The highest BCUT2D eigenvalue weighted by molar-refractivity contribution is 7.91. The molecule has 0 spiro atoms. The van der Waals surface area contributed by atoms with Gasteiger partial charge in [0.25, 0.3) is 0 Å². The maximum Gasteiger partial charge on any atom is 0.185 e. The standard InChI is InChI=1S/C13H22N2O3S2/c1-4-9(2)12-11(7-16)19-13(14-12)15(3)10-5-6-20(17,18)8-10/h9-10,16H,4-8H2,1-3H3. The SMILES string of the molecule is CCC(C)c1nc(N(C)C2CCS(=O)(=O)C2)sc1CO. The second-order valence-electron chi connectivity index (χ2n) is 5.44. The van der Waals surface area contributed by atoms with Crippen LogP contribution < -0.4 is 4.90 Å². The molecule has 0 aliphatic carbocycles. The van der Waals surface area contributed by atoms with Crippen LogP contribution in [0, 0.1) is 0 Å². The monoisotopic (exact) mass is 318 g/mol. The van der Waals surface area contributed by atoms with Gasteiger partial charge in [0.2, 0.25) is 0 Å². The molecule has 2 rings (SSSR count). The summed E-state index contributed by atoms with van der Waals surface area (Å²) >= 11 is 1.47. The van der Waals surface area contributed by atoms with Crippen molar-refractivity contribution in [3.8, 4) is 0 Å². The van der Waals surface area contributed by atoms with Crippen molar-refractivity contribution >= 4 is 26.3 Å². The molecule has 0 saturated carbocycles. The van der Waals surface area contributed by atoms with Gasteiger partial charge in [-0.1, -0.05) is 25.2 Å². The van der Waals surface area contributed by atoms with E-state index >= 15 is 0 Å². The van der Waals surface area contributed by atoms with Crippen molar-refractivity contribution in [2.75, 3.05) is 23.5 Å². The quantitative estimate of drug-likeness (QED) is 0.896. The molecule has 7 heteroatoms. The Hall–Kier alpha value is -0.660. The van der Waals surface area contributed by atoms with Crippen molar-refractivity contribution < 1.29 is 13.5 Å². The number of thiazole rings is 1. The maximum atomic E-state index is 11.6. The topological polar surface area (TPSA) is 70.5 Å². The van der Waals surface area contributed by atoms with Gasteiger partial charge in [-0.3, -0.25) is 0 Å². The molecule has 1 fully saturated rings. The normalized spacial score (nSPS) is 22.9. The molecule has 1 aromatic rings. The lowest BCUT2D eigenvalue weighted by Gasteiger charge is -2.22. The molecule has 2 heterocycles. The first-order valence-corrected chi connectivity index (χ1v) is 9.55. The number of hydrogen-bond donors (Lipinski definition) is 1. The average molecular weight is 318 g/mol. The fourth-order valence-electron chi connectivity index (χ4n) is 2.43. The molecular weight excluding hydrogens is 296 g/mol. The molecule has 1 aliphatic heterocycles. The predicted molar refractivity (Wildman–Crippen MR) is 82.2 cm³/mol. The summed E-state index contributed by atoms with van der Waals surface area (Å²) < 4.78 is 23.2. The van der Waals surface area contributed by atoms with E-state index in [0.29, 0.717) is 12.3 Å². The average Bonchev–Trinajstić information content (AvgIpc) is 3.00. The number of hydrogen-bond acceptors (Lipinski definition) is 6. The lowest BCUT2D eigenvalue weighted by molar-refractivity contribution is 0.283. The molecule has 1 saturated heterocycles. The summed E-state index contributed by atoms with van der Waals surface area (Å²) in [5, 5.41) is 10.3. The Balaban J connectivity index is 2.22. The minimum atomic E-state index is -2.89. The van der Waals surface area contributed by atoms with Gasteiger partial charge in [-0.25, -0.2) is 13.4 Å². The molecule has 114 valence electrons. The van der Waals surface area contributed by atoms with Gasteiger partial charge in [0.05, 0.1) is 28.7 Å². The molecule has 0 aromatic carbocycles. The Kier molecular flexibility index (Phi) is 4.71. The third-order valence-electron chi connectivity index (χ3n) is 4.00. The summed E-state index contributed by atoms with van der Waals surface area (Å²) in [4.78, 5) is 7.48. The molecule has 0 radical (unpaired) electrons. The van der Waals surface area contributed by atoms with Gasteiger partial charge in [-0.2, -0.15) is 0 Å². The van der Waals surface area contributed by atoms with Crippen molar-refractivity contribution in [1.82, 2.24) is 4.98 Å². The van der Waals surface area contributed by atoms with Crippen LogP contribution in [0.25, 0.3) is 0 Å². The van der Waals surface area contributed by atoms with E-state index in [1.807, 2.05) is 11.9 Å². The van der Waals surface area contributed by atoms with Crippen LogP contribution in [0.2, 0.25) is 0 Å². The molecular formula is C13H22N2O3S2. The third-order valence-corrected chi connectivity index (χ3v) is 6.89. The minimum absolute atomic E-state index is 0.00229. The molecule has 20 heavy (non-hydrogen) atoms. The summed E-state index contributed by atoms with van der Waals surface area (Å²) in [6, 6.07) is 0.00229. The van der Waals surface area contributed by atoms with Crippen LogP contribution in [-0.4, -0.2) is 43.1 Å². The van der Waals surface area contributed by atoms with E-state index in [0.717, 1.165) is 22.1 Å². The van der Waals surface area contributed by atoms with E-state index in [1.165, 1.54) is 11.3 Å². The number of aliphatic hydroxyl groups excluding tert-OH is 1. The third kappa shape index (κ3) is 3.15. The highest BCUT2D eigenvalue weighted by atomic mass is 32.2. The van der Waals surface area contributed by atoms with Crippen molar-refractivity contribution in [1.29, 1.82) is 0 Å². The van der Waals surface area contributed by atoms with E-state index < -0.39 is 9.84 Å². The number of anilines is 1. The Morgan fingerprint density at radius 2 is 2.25 bits per heavy atom. The number of aliphatic hydroxyl groups is 1. The molecule has 0 amide bonds. The lowest BCUT2D eigenvalue weighted by atomic mass is 10.0. The summed E-state index contributed by atoms with van der Waals surface area (Å²) in [5.41, 5.74) is 0.947. The second-order valence-corrected chi connectivity index (χ2v) is 8.73. The van der Waals surface area contributed by atoms with E-state index in [2.05, 4.69) is 18.8 Å². The second kappa shape index (κ2) is 5.99. The van der Waals surface area contributed by atoms with E-state index in [-0.39, 0.29) is 24.2 Å². The number of rotatable bonds is 5. The maximum absolute atomic E-state index is 11.6. The number of nitrogens with zero attached hydrogens (tertiary/aromatic N) is 2. The molecule has 1 N–H and O–H groups in total. The zero-order valence-corrected chi connectivity index (χ0v) is 13.8. The van der Waals surface area contributed by atoms with E-state index in [1.54, 1.807) is 0 Å². The van der Waals surface area contributed by atoms with Crippen molar-refractivity contribution in [2.45, 2.75) is 45.3 Å². The first kappa shape index (κ1) is 15.7. The summed E-state index contributed by atoms with van der Waals surface area (Å²) in [6.07, 6.45) is 1.63. The van der Waals surface area contributed by atoms with Gasteiger partial charge in [0, 0.05) is 13.1 Å².